The third-order valence-electron chi connectivity index (χ3n) is 6.38. The molecular weight excluding hydrogens is 420 g/mol. The minimum atomic E-state index is -4.32. The molecule has 1 atom stereocenters. The minimum absolute atomic E-state index is 0.219. The van der Waals surface area contributed by atoms with E-state index in [0.29, 0.717) is 12.2 Å². The van der Waals surface area contributed by atoms with Crippen molar-refractivity contribution in [3.63, 3.8) is 0 Å². The lowest BCUT2D eigenvalue weighted by Gasteiger charge is -2.42. The molecule has 0 aliphatic carbocycles. The predicted molar refractivity (Wildman–Crippen MR) is 120 cm³/mol. The summed E-state index contributed by atoms with van der Waals surface area (Å²) in [5.41, 5.74) is 9.45. The molecule has 2 aliphatic rings. The third kappa shape index (κ3) is 4.55. The van der Waals surface area contributed by atoms with Gasteiger partial charge in [-0.2, -0.15) is 13.2 Å². The highest BCUT2D eigenvalue weighted by molar-refractivity contribution is 5.75. The zero-order valence-electron chi connectivity index (χ0n) is 18.1. The molecule has 2 aromatic carbocycles. The Morgan fingerprint density at radius 1 is 1.09 bits per heavy atom. The Labute approximate surface area is 185 Å². The second-order valence-corrected chi connectivity index (χ2v) is 8.63. The summed E-state index contributed by atoms with van der Waals surface area (Å²) in [6.45, 7) is 10.1. The SMILES string of the molecule is C=C(CN1CCN(c2ccc(C(F)(F)F)cc2)CC1)N1c2c(N)cc(F)cc2CC[C@@H]1C. The lowest BCUT2D eigenvalue weighted by molar-refractivity contribution is -0.137. The molecule has 2 heterocycles. The Hall–Kier alpha value is -2.74. The highest BCUT2D eigenvalue weighted by Crippen LogP contribution is 2.38. The van der Waals surface area contributed by atoms with Gasteiger partial charge in [0.2, 0.25) is 0 Å². The number of hydrogen-bond donors (Lipinski definition) is 1. The van der Waals surface area contributed by atoms with Crippen LogP contribution in [0.2, 0.25) is 0 Å². The van der Waals surface area contributed by atoms with Crippen molar-refractivity contribution in [1.29, 1.82) is 0 Å². The van der Waals surface area contributed by atoms with Crippen LogP contribution in [0.1, 0.15) is 24.5 Å². The van der Waals surface area contributed by atoms with Crippen LogP contribution in [0.5, 0.6) is 0 Å². The van der Waals surface area contributed by atoms with Crippen molar-refractivity contribution in [3.8, 4) is 0 Å². The topological polar surface area (TPSA) is 35.7 Å². The van der Waals surface area contributed by atoms with Gasteiger partial charge in [0.05, 0.1) is 16.9 Å². The number of nitrogen functional groups attached to an aromatic ring is 1. The molecule has 2 aromatic rings. The first kappa shape index (κ1) is 22.5. The first-order valence-corrected chi connectivity index (χ1v) is 10.8. The Balaban J connectivity index is 1.39. The van der Waals surface area contributed by atoms with Crippen LogP contribution >= 0.6 is 0 Å². The standard InChI is InChI=1S/C24H28F4N4/c1-16-3-4-18-13-20(25)14-22(29)23(18)32(16)17(2)15-30-9-11-31(12-10-30)21-7-5-19(6-8-21)24(26,27)28/h5-8,13-14,16H,2-4,9-12,15,29H2,1H3/t16-/m0/s1. The van der Waals surface area contributed by atoms with E-state index >= 15 is 0 Å². The van der Waals surface area contributed by atoms with Crippen molar-refractivity contribution in [3.05, 3.63) is 65.6 Å². The Bertz CT molecular complexity index is 979. The molecule has 0 unspecified atom stereocenters. The molecule has 0 aromatic heterocycles. The van der Waals surface area contributed by atoms with E-state index in [2.05, 4.69) is 28.2 Å². The molecule has 0 spiro atoms. The molecule has 0 radical (unpaired) electrons. The first-order valence-electron chi connectivity index (χ1n) is 10.8. The minimum Gasteiger partial charge on any atom is -0.397 e. The van der Waals surface area contributed by atoms with Gasteiger partial charge in [0.15, 0.2) is 0 Å². The molecule has 4 nitrogen and oxygen atoms in total. The van der Waals surface area contributed by atoms with Crippen LogP contribution in [0.3, 0.4) is 0 Å². The summed E-state index contributed by atoms with van der Waals surface area (Å²) in [5.74, 6) is -0.319. The summed E-state index contributed by atoms with van der Waals surface area (Å²) in [7, 11) is 0. The van der Waals surface area contributed by atoms with Gasteiger partial charge >= 0.3 is 6.18 Å². The maximum Gasteiger partial charge on any atom is 0.416 e. The number of aryl methyl sites for hydroxylation is 1. The van der Waals surface area contributed by atoms with Crippen molar-refractivity contribution in [2.24, 2.45) is 0 Å². The van der Waals surface area contributed by atoms with Gasteiger partial charge in [-0.15, -0.1) is 0 Å². The zero-order chi connectivity index (χ0) is 23.0. The molecule has 0 amide bonds. The number of fused-ring (bicyclic) bond motifs is 1. The molecule has 32 heavy (non-hydrogen) atoms. The highest BCUT2D eigenvalue weighted by atomic mass is 19.4. The predicted octanol–water partition coefficient (Wildman–Crippen LogP) is 4.90. The van der Waals surface area contributed by atoms with Crippen molar-refractivity contribution in [2.45, 2.75) is 32.0 Å². The van der Waals surface area contributed by atoms with Crippen LogP contribution in [0, 0.1) is 5.82 Å². The van der Waals surface area contributed by atoms with E-state index in [1.807, 2.05) is 0 Å². The van der Waals surface area contributed by atoms with E-state index < -0.39 is 11.7 Å². The highest BCUT2D eigenvalue weighted by Gasteiger charge is 2.31. The summed E-state index contributed by atoms with van der Waals surface area (Å²) in [6.07, 6.45) is -2.64. The van der Waals surface area contributed by atoms with Crippen LogP contribution in [0.4, 0.5) is 34.6 Å². The van der Waals surface area contributed by atoms with E-state index in [1.165, 1.54) is 18.2 Å². The van der Waals surface area contributed by atoms with Crippen LogP contribution in [0.25, 0.3) is 0 Å². The summed E-state index contributed by atoms with van der Waals surface area (Å²) >= 11 is 0. The summed E-state index contributed by atoms with van der Waals surface area (Å²) in [6, 6.07) is 8.46. The monoisotopic (exact) mass is 448 g/mol. The summed E-state index contributed by atoms with van der Waals surface area (Å²) in [5, 5.41) is 0. The van der Waals surface area contributed by atoms with Crippen LogP contribution in [0.15, 0.2) is 48.7 Å². The number of alkyl halides is 3. The second kappa shape index (κ2) is 8.65. The van der Waals surface area contributed by atoms with Crippen molar-refractivity contribution in [2.75, 3.05) is 48.3 Å². The Kier molecular flexibility index (Phi) is 6.07. The summed E-state index contributed by atoms with van der Waals surface area (Å²) in [4.78, 5) is 6.51. The van der Waals surface area contributed by atoms with Crippen LogP contribution in [-0.2, 0) is 12.6 Å². The lowest BCUT2D eigenvalue weighted by Crippen LogP contribution is -2.49. The van der Waals surface area contributed by atoms with Crippen molar-refractivity contribution in [1.82, 2.24) is 4.90 Å². The van der Waals surface area contributed by atoms with Gasteiger partial charge < -0.3 is 15.5 Å². The quantitative estimate of drug-likeness (QED) is 0.533. The van der Waals surface area contributed by atoms with Crippen molar-refractivity contribution < 1.29 is 17.6 Å². The van der Waals surface area contributed by atoms with Gasteiger partial charge in [0, 0.05) is 50.2 Å². The Morgan fingerprint density at radius 3 is 2.38 bits per heavy atom. The largest absolute Gasteiger partial charge is 0.416 e. The van der Waals surface area contributed by atoms with E-state index in [9.17, 15) is 17.6 Å². The van der Waals surface area contributed by atoms with Gasteiger partial charge in [-0.25, -0.2) is 4.39 Å². The van der Waals surface area contributed by atoms with E-state index in [4.69, 9.17) is 5.73 Å². The van der Waals surface area contributed by atoms with Gasteiger partial charge in [0.25, 0.3) is 0 Å². The smallest absolute Gasteiger partial charge is 0.397 e. The number of piperazine rings is 1. The number of nitrogens with two attached hydrogens (primary N) is 1. The van der Waals surface area contributed by atoms with Gasteiger partial charge in [-0.1, -0.05) is 6.58 Å². The number of halogens is 4. The molecule has 8 heteroatoms. The second-order valence-electron chi connectivity index (χ2n) is 8.63. The molecule has 1 saturated heterocycles. The van der Waals surface area contributed by atoms with Gasteiger partial charge in [0.1, 0.15) is 5.82 Å². The average Bonchev–Trinajstić information content (AvgIpc) is 2.74. The van der Waals surface area contributed by atoms with Crippen molar-refractivity contribution >= 4 is 17.1 Å². The van der Waals surface area contributed by atoms with E-state index in [-0.39, 0.29) is 11.9 Å². The normalized spacial score (nSPS) is 19.7. The third-order valence-corrected chi connectivity index (χ3v) is 6.38. The van der Waals surface area contributed by atoms with Gasteiger partial charge in [-0.3, -0.25) is 4.90 Å². The summed E-state index contributed by atoms with van der Waals surface area (Å²) < 4.78 is 52.2. The van der Waals surface area contributed by atoms with E-state index in [1.54, 1.807) is 6.07 Å². The molecule has 1 fully saturated rings. The van der Waals surface area contributed by atoms with E-state index in [0.717, 1.165) is 73.8 Å². The van der Waals surface area contributed by atoms with Crippen LogP contribution in [-0.4, -0.2) is 43.7 Å². The fourth-order valence-corrected chi connectivity index (χ4v) is 4.71. The fraction of sp³-hybridized carbons (Fsp3) is 0.417. The lowest BCUT2D eigenvalue weighted by atomic mass is 9.94. The molecule has 0 saturated carbocycles. The number of hydrogen-bond acceptors (Lipinski definition) is 4. The molecular formula is C24H28F4N4. The van der Waals surface area contributed by atoms with Crippen LogP contribution < -0.4 is 15.5 Å². The molecule has 172 valence electrons. The maximum absolute atomic E-state index is 13.8. The first-order chi connectivity index (χ1) is 15.1. The number of rotatable bonds is 4. The number of benzene rings is 2. The fourth-order valence-electron chi connectivity index (χ4n) is 4.71. The molecule has 4 rings (SSSR count). The molecule has 2 aliphatic heterocycles. The van der Waals surface area contributed by atoms with Gasteiger partial charge in [-0.05, 0) is 61.7 Å². The Morgan fingerprint density at radius 2 is 1.75 bits per heavy atom. The maximum atomic E-state index is 13.8. The zero-order valence-corrected chi connectivity index (χ0v) is 18.1. The number of nitrogens with zero attached hydrogens (tertiary/aromatic N) is 3. The average molecular weight is 449 g/mol. The molecule has 2 N–H and O–H groups in total. The molecule has 0 bridgehead atoms. The number of anilines is 3.